The van der Waals surface area contributed by atoms with Crippen molar-refractivity contribution in [3.8, 4) is 5.69 Å². The summed E-state index contributed by atoms with van der Waals surface area (Å²) in [7, 11) is 0. The molecule has 1 amide bonds. The zero-order valence-electron chi connectivity index (χ0n) is 16.4. The molecule has 0 aliphatic heterocycles. The van der Waals surface area contributed by atoms with Crippen LogP contribution in [0.3, 0.4) is 0 Å². The van der Waals surface area contributed by atoms with Crippen molar-refractivity contribution < 1.29 is 9.72 Å². The maximum absolute atomic E-state index is 13.2. The SMILES string of the molecule is O=C(CSc1nc2ccccc2c(=O)n1-c1ccc(Cl)cc1)Nc1cccc([N+](=O)[O-])c1. The van der Waals surface area contributed by atoms with Crippen molar-refractivity contribution >= 4 is 51.5 Å². The Bertz CT molecular complexity index is 1390. The van der Waals surface area contributed by atoms with Crippen LogP contribution in [-0.4, -0.2) is 26.1 Å². The predicted molar refractivity (Wildman–Crippen MR) is 125 cm³/mol. The molecule has 0 unspecified atom stereocenters. The number of carbonyl (C=O) groups excluding carboxylic acids is 1. The molecule has 10 heteroatoms. The lowest BCUT2D eigenvalue weighted by Crippen LogP contribution is -2.23. The summed E-state index contributed by atoms with van der Waals surface area (Å²) >= 11 is 7.07. The van der Waals surface area contributed by atoms with Crippen molar-refractivity contribution in [3.05, 3.63) is 98.3 Å². The fourth-order valence-corrected chi connectivity index (χ4v) is 3.99. The Balaban J connectivity index is 1.63. The Hall–Kier alpha value is -3.69. The predicted octanol–water partition coefficient (Wildman–Crippen LogP) is 4.68. The minimum absolute atomic E-state index is 0.0545. The van der Waals surface area contributed by atoms with Crippen molar-refractivity contribution in [3.63, 3.8) is 0 Å². The van der Waals surface area contributed by atoms with Gasteiger partial charge >= 0.3 is 0 Å². The van der Waals surface area contributed by atoms with Gasteiger partial charge in [-0.05, 0) is 42.5 Å². The average Bonchev–Trinajstić information content (AvgIpc) is 2.79. The molecule has 8 nitrogen and oxygen atoms in total. The van der Waals surface area contributed by atoms with Crippen LogP contribution in [0.15, 0.2) is 82.7 Å². The topological polar surface area (TPSA) is 107 Å². The lowest BCUT2D eigenvalue weighted by Gasteiger charge is -2.13. The normalized spacial score (nSPS) is 10.8. The van der Waals surface area contributed by atoms with Crippen LogP contribution in [-0.2, 0) is 4.79 Å². The van der Waals surface area contributed by atoms with Gasteiger partial charge in [0.1, 0.15) is 0 Å². The van der Waals surface area contributed by atoms with Crippen LogP contribution in [0.5, 0.6) is 0 Å². The first-order valence-corrected chi connectivity index (χ1v) is 10.7. The third-order valence-electron chi connectivity index (χ3n) is 4.50. The maximum atomic E-state index is 13.2. The number of hydrogen-bond acceptors (Lipinski definition) is 6. The largest absolute Gasteiger partial charge is 0.325 e. The number of nitro benzene ring substituents is 1. The number of non-ortho nitro benzene ring substituents is 1. The summed E-state index contributed by atoms with van der Waals surface area (Å²) < 4.78 is 1.43. The van der Waals surface area contributed by atoms with E-state index in [0.717, 1.165) is 11.8 Å². The van der Waals surface area contributed by atoms with Crippen LogP contribution < -0.4 is 10.9 Å². The fraction of sp³-hybridized carbons (Fsp3) is 0.0455. The zero-order chi connectivity index (χ0) is 22.7. The van der Waals surface area contributed by atoms with Gasteiger partial charge < -0.3 is 5.32 Å². The molecule has 1 N–H and O–H groups in total. The molecule has 0 radical (unpaired) electrons. The minimum Gasteiger partial charge on any atom is -0.325 e. The maximum Gasteiger partial charge on any atom is 0.271 e. The van der Waals surface area contributed by atoms with Gasteiger partial charge in [0.2, 0.25) is 5.91 Å². The molecule has 3 aromatic carbocycles. The number of rotatable bonds is 6. The molecule has 160 valence electrons. The van der Waals surface area contributed by atoms with E-state index in [-0.39, 0.29) is 22.9 Å². The van der Waals surface area contributed by atoms with Gasteiger partial charge in [-0.1, -0.05) is 41.6 Å². The van der Waals surface area contributed by atoms with Crippen LogP contribution in [0.2, 0.25) is 5.02 Å². The number of para-hydroxylation sites is 1. The van der Waals surface area contributed by atoms with E-state index in [0.29, 0.717) is 32.5 Å². The molecule has 0 fully saturated rings. The number of amides is 1. The number of anilines is 1. The molecular weight excluding hydrogens is 452 g/mol. The number of nitrogens with one attached hydrogen (secondary N) is 1. The quantitative estimate of drug-likeness (QED) is 0.191. The van der Waals surface area contributed by atoms with Gasteiger partial charge in [0.15, 0.2) is 5.16 Å². The Morgan fingerprint density at radius 2 is 1.84 bits per heavy atom. The second kappa shape index (κ2) is 9.21. The highest BCUT2D eigenvalue weighted by atomic mass is 35.5. The summed E-state index contributed by atoms with van der Waals surface area (Å²) in [5, 5.41) is 14.9. The molecule has 0 bridgehead atoms. The number of fused-ring (bicyclic) bond motifs is 1. The van der Waals surface area contributed by atoms with Crippen molar-refractivity contribution in [2.24, 2.45) is 0 Å². The van der Waals surface area contributed by atoms with Crippen molar-refractivity contribution in [2.45, 2.75) is 5.16 Å². The van der Waals surface area contributed by atoms with E-state index in [2.05, 4.69) is 10.3 Å². The Morgan fingerprint density at radius 3 is 2.59 bits per heavy atom. The number of carbonyl (C=O) groups is 1. The second-order valence-electron chi connectivity index (χ2n) is 6.67. The van der Waals surface area contributed by atoms with Gasteiger partial charge in [-0.15, -0.1) is 0 Å². The first-order valence-electron chi connectivity index (χ1n) is 9.37. The summed E-state index contributed by atoms with van der Waals surface area (Å²) in [5.74, 6) is -0.443. The van der Waals surface area contributed by atoms with Crippen LogP contribution in [0.4, 0.5) is 11.4 Å². The number of nitro groups is 1. The van der Waals surface area contributed by atoms with Crippen LogP contribution in [0, 0.1) is 10.1 Å². The lowest BCUT2D eigenvalue weighted by molar-refractivity contribution is -0.384. The van der Waals surface area contributed by atoms with Gasteiger partial charge in [0.05, 0.1) is 27.3 Å². The van der Waals surface area contributed by atoms with Crippen molar-refractivity contribution in [1.82, 2.24) is 9.55 Å². The number of aromatic nitrogens is 2. The Labute approximate surface area is 191 Å². The minimum atomic E-state index is -0.534. The fourth-order valence-electron chi connectivity index (χ4n) is 3.05. The molecule has 1 heterocycles. The molecule has 0 atom stereocenters. The molecule has 4 rings (SSSR count). The smallest absolute Gasteiger partial charge is 0.271 e. The molecule has 0 saturated heterocycles. The van der Waals surface area contributed by atoms with Gasteiger partial charge in [-0.25, -0.2) is 4.98 Å². The molecule has 4 aromatic rings. The van der Waals surface area contributed by atoms with E-state index in [9.17, 15) is 19.7 Å². The molecule has 0 spiro atoms. The number of benzene rings is 3. The highest BCUT2D eigenvalue weighted by Gasteiger charge is 2.15. The van der Waals surface area contributed by atoms with Crippen LogP contribution in [0.1, 0.15) is 0 Å². The summed E-state index contributed by atoms with van der Waals surface area (Å²) in [4.78, 5) is 40.6. The van der Waals surface area contributed by atoms with E-state index in [1.54, 1.807) is 54.6 Å². The van der Waals surface area contributed by atoms with Crippen LogP contribution >= 0.6 is 23.4 Å². The lowest BCUT2D eigenvalue weighted by atomic mass is 10.2. The Morgan fingerprint density at radius 1 is 1.09 bits per heavy atom. The molecular formula is C22H15ClN4O4S. The van der Waals surface area contributed by atoms with E-state index in [1.165, 1.54) is 22.8 Å². The molecule has 32 heavy (non-hydrogen) atoms. The highest BCUT2D eigenvalue weighted by Crippen LogP contribution is 2.23. The number of hydrogen-bond donors (Lipinski definition) is 1. The van der Waals surface area contributed by atoms with Gasteiger partial charge in [-0.3, -0.25) is 24.3 Å². The summed E-state index contributed by atoms with van der Waals surface area (Å²) in [5.41, 5.74) is 1.01. The van der Waals surface area contributed by atoms with Gasteiger partial charge in [0, 0.05) is 22.8 Å². The molecule has 0 aliphatic rings. The third kappa shape index (κ3) is 4.63. The summed E-state index contributed by atoms with van der Waals surface area (Å²) in [6.07, 6.45) is 0. The number of nitrogens with zero attached hydrogens (tertiary/aromatic N) is 3. The molecule has 0 saturated carbocycles. The Kier molecular flexibility index (Phi) is 6.20. The molecule has 0 aliphatic carbocycles. The highest BCUT2D eigenvalue weighted by molar-refractivity contribution is 7.99. The van der Waals surface area contributed by atoms with Gasteiger partial charge in [0.25, 0.3) is 11.2 Å². The van der Waals surface area contributed by atoms with E-state index in [1.807, 2.05) is 0 Å². The third-order valence-corrected chi connectivity index (χ3v) is 5.69. The van der Waals surface area contributed by atoms with Crippen LogP contribution in [0.25, 0.3) is 16.6 Å². The average molecular weight is 467 g/mol. The van der Waals surface area contributed by atoms with E-state index in [4.69, 9.17) is 11.6 Å². The van der Waals surface area contributed by atoms with Crippen molar-refractivity contribution in [2.75, 3.05) is 11.1 Å². The molecule has 1 aromatic heterocycles. The monoisotopic (exact) mass is 466 g/mol. The summed E-state index contributed by atoms with van der Waals surface area (Å²) in [6, 6.07) is 19.4. The van der Waals surface area contributed by atoms with Gasteiger partial charge in [-0.2, -0.15) is 0 Å². The first kappa shape index (κ1) is 21.5. The zero-order valence-corrected chi connectivity index (χ0v) is 18.0. The van der Waals surface area contributed by atoms with E-state index < -0.39 is 4.92 Å². The standard InChI is InChI=1S/C22H15ClN4O4S/c23-14-8-10-16(11-9-14)26-21(29)18-6-1-2-7-19(18)25-22(26)32-13-20(28)24-15-4-3-5-17(12-15)27(30)31/h1-12H,13H2,(H,24,28). The number of halogens is 1. The first-order chi connectivity index (χ1) is 15.4. The van der Waals surface area contributed by atoms with Crippen molar-refractivity contribution in [1.29, 1.82) is 0 Å². The second-order valence-corrected chi connectivity index (χ2v) is 8.05. The number of thioether (sulfide) groups is 1. The van der Waals surface area contributed by atoms with E-state index >= 15 is 0 Å². The summed E-state index contributed by atoms with van der Waals surface area (Å²) in [6.45, 7) is 0.